The van der Waals surface area contributed by atoms with E-state index < -0.39 is 0 Å². The van der Waals surface area contributed by atoms with E-state index in [0.717, 1.165) is 35.5 Å². The van der Waals surface area contributed by atoms with E-state index in [4.69, 9.17) is 24.5 Å². The molecule has 38 heavy (non-hydrogen) atoms. The molecule has 1 fully saturated rings. The van der Waals surface area contributed by atoms with Crippen molar-refractivity contribution in [3.63, 3.8) is 0 Å². The smallest absolute Gasteiger partial charge is 0.281 e. The number of methoxy groups -OCH3 is 1. The maximum absolute atomic E-state index is 13.9. The second-order valence-corrected chi connectivity index (χ2v) is 9.83. The Balaban J connectivity index is 1.40. The normalized spacial score (nSPS) is 14.2. The molecule has 0 saturated heterocycles. The van der Waals surface area contributed by atoms with Crippen LogP contribution in [0.5, 0.6) is 5.75 Å². The SMILES string of the molecule is CCn1c(=O)c2c(nc(C3CCCC3)n2Cc2ccccc2)n2nc(COCc3ccc(OC)cc3)nc12. The number of imidazole rings is 1. The highest BCUT2D eigenvalue weighted by Gasteiger charge is 2.28. The topological polar surface area (TPSA) is 88.5 Å². The maximum Gasteiger partial charge on any atom is 0.281 e. The van der Waals surface area contributed by atoms with E-state index in [1.54, 1.807) is 16.2 Å². The van der Waals surface area contributed by atoms with Gasteiger partial charge in [0, 0.05) is 19.0 Å². The minimum absolute atomic E-state index is 0.0826. The standard InChI is InChI=1S/C29H32N6O3/c1-3-33-28(36)25-27(31-26(22-11-7-8-12-22)34(25)17-20-9-5-4-6-10-20)35-29(33)30-24(32-35)19-38-18-21-13-15-23(37-2)16-14-21/h4-6,9-10,13-16,22H,3,7-8,11-12,17-19H2,1-2H3. The fraction of sp³-hybridized carbons (Fsp3) is 0.379. The van der Waals surface area contributed by atoms with Crippen LogP contribution in [0.15, 0.2) is 59.4 Å². The van der Waals surface area contributed by atoms with Crippen LogP contribution in [0.3, 0.4) is 0 Å². The second kappa shape index (κ2) is 10.4. The number of nitrogens with zero attached hydrogens (tertiary/aromatic N) is 6. The van der Waals surface area contributed by atoms with E-state index in [1.807, 2.05) is 49.4 Å². The van der Waals surface area contributed by atoms with E-state index in [-0.39, 0.29) is 12.2 Å². The van der Waals surface area contributed by atoms with Gasteiger partial charge in [-0.05, 0) is 43.0 Å². The molecule has 0 radical (unpaired) electrons. The molecule has 9 heteroatoms. The van der Waals surface area contributed by atoms with Crippen LogP contribution in [0.25, 0.3) is 16.9 Å². The highest BCUT2D eigenvalue weighted by Crippen LogP contribution is 2.35. The Morgan fingerprint density at radius 3 is 2.39 bits per heavy atom. The molecule has 0 unspecified atom stereocenters. The van der Waals surface area contributed by atoms with Gasteiger partial charge in [-0.15, -0.1) is 5.10 Å². The Morgan fingerprint density at radius 2 is 1.68 bits per heavy atom. The summed E-state index contributed by atoms with van der Waals surface area (Å²) in [5, 5.41) is 4.76. The summed E-state index contributed by atoms with van der Waals surface area (Å²) < 4.78 is 16.7. The molecule has 1 aliphatic carbocycles. The molecule has 0 bridgehead atoms. The van der Waals surface area contributed by atoms with Crippen LogP contribution in [-0.4, -0.2) is 35.8 Å². The first-order valence-corrected chi connectivity index (χ1v) is 13.3. The van der Waals surface area contributed by atoms with Crippen molar-refractivity contribution in [1.29, 1.82) is 0 Å². The Labute approximate surface area is 220 Å². The minimum Gasteiger partial charge on any atom is -0.497 e. The van der Waals surface area contributed by atoms with Crippen LogP contribution in [0.4, 0.5) is 0 Å². The van der Waals surface area contributed by atoms with Crippen LogP contribution in [0, 0.1) is 0 Å². The van der Waals surface area contributed by atoms with Crippen LogP contribution in [0.1, 0.15) is 61.3 Å². The molecule has 5 aromatic rings. The van der Waals surface area contributed by atoms with Crippen molar-refractivity contribution < 1.29 is 9.47 Å². The van der Waals surface area contributed by atoms with Gasteiger partial charge < -0.3 is 14.0 Å². The van der Waals surface area contributed by atoms with E-state index in [2.05, 4.69) is 16.7 Å². The number of fused-ring (bicyclic) bond motifs is 3. The molecule has 0 spiro atoms. The Morgan fingerprint density at radius 1 is 0.921 bits per heavy atom. The Kier molecular flexibility index (Phi) is 6.68. The number of aryl methyl sites for hydroxylation is 1. The quantitative estimate of drug-likeness (QED) is 0.285. The van der Waals surface area contributed by atoms with Crippen LogP contribution >= 0.6 is 0 Å². The summed E-state index contributed by atoms with van der Waals surface area (Å²) in [6.45, 7) is 3.69. The van der Waals surface area contributed by atoms with Gasteiger partial charge >= 0.3 is 0 Å². The summed E-state index contributed by atoms with van der Waals surface area (Å²) in [5.41, 5.74) is 3.24. The number of benzene rings is 2. The number of aromatic nitrogens is 6. The van der Waals surface area contributed by atoms with Crippen LogP contribution in [-0.2, 0) is 31.0 Å². The van der Waals surface area contributed by atoms with Gasteiger partial charge in [-0.25, -0.2) is 4.98 Å². The summed E-state index contributed by atoms with van der Waals surface area (Å²) in [5.74, 6) is 3.14. The zero-order chi connectivity index (χ0) is 26.1. The monoisotopic (exact) mass is 512 g/mol. The third-order valence-electron chi connectivity index (χ3n) is 7.38. The fourth-order valence-corrected chi connectivity index (χ4v) is 5.45. The molecule has 0 aliphatic heterocycles. The average Bonchev–Trinajstić information content (AvgIpc) is 3.69. The largest absolute Gasteiger partial charge is 0.497 e. The second-order valence-electron chi connectivity index (χ2n) is 9.83. The number of ether oxygens (including phenoxy) is 2. The Hall–Kier alpha value is -3.98. The molecule has 1 aliphatic rings. The van der Waals surface area contributed by atoms with Crippen molar-refractivity contribution in [2.75, 3.05) is 7.11 Å². The van der Waals surface area contributed by atoms with Crippen molar-refractivity contribution >= 4 is 16.9 Å². The van der Waals surface area contributed by atoms with Gasteiger partial charge in [-0.1, -0.05) is 55.3 Å². The molecule has 0 N–H and O–H groups in total. The minimum atomic E-state index is -0.0826. The van der Waals surface area contributed by atoms with Crippen molar-refractivity contribution in [2.45, 2.75) is 64.8 Å². The first kappa shape index (κ1) is 24.4. The fourth-order valence-electron chi connectivity index (χ4n) is 5.45. The van der Waals surface area contributed by atoms with Crippen molar-refractivity contribution in [3.8, 4) is 5.75 Å². The lowest BCUT2D eigenvalue weighted by Crippen LogP contribution is -2.25. The summed E-state index contributed by atoms with van der Waals surface area (Å²) in [7, 11) is 1.65. The lowest BCUT2D eigenvalue weighted by atomic mass is 10.1. The van der Waals surface area contributed by atoms with Crippen molar-refractivity contribution in [2.24, 2.45) is 0 Å². The van der Waals surface area contributed by atoms with E-state index >= 15 is 0 Å². The van der Waals surface area contributed by atoms with Gasteiger partial charge in [0.25, 0.3) is 5.56 Å². The molecule has 3 heterocycles. The van der Waals surface area contributed by atoms with Gasteiger partial charge in [0.15, 0.2) is 17.0 Å². The Bertz CT molecular complexity index is 1610. The van der Waals surface area contributed by atoms with Gasteiger partial charge in [0.2, 0.25) is 5.78 Å². The number of rotatable bonds is 9. The molecular formula is C29H32N6O3. The van der Waals surface area contributed by atoms with Gasteiger partial charge in [0.1, 0.15) is 18.2 Å². The van der Waals surface area contributed by atoms with Gasteiger partial charge in [0.05, 0.1) is 13.7 Å². The first-order valence-electron chi connectivity index (χ1n) is 13.3. The molecule has 3 aromatic heterocycles. The lowest BCUT2D eigenvalue weighted by molar-refractivity contribution is 0.102. The van der Waals surface area contributed by atoms with E-state index in [1.165, 1.54) is 12.8 Å². The number of hydrogen-bond acceptors (Lipinski definition) is 6. The predicted molar refractivity (Wildman–Crippen MR) is 144 cm³/mol. The lowest BCUT2D eigenvalue weighted by Gasteiger charge is -2.13. The van der Waals surface area contributed by atoms with E-state index in [0.29, 0.717) is 48.4 Å². The molecule has 9 nitrogen and oxygen atoms in total. The first-order chi connectivity index (χ1) is 18.7. The van der Waals surface area contributed by atoms with Gasteiger partial charge in [-0.3, -0.25) is 9.36 Å². The highest BCUT2D eigenvalue weighted by molar-refractivity contribution is 5.74. The zero-order valence-corrected chi connectivity index (χ0v) is 21.8. The summed E-state index contributed by atoms with van der Waals surface area (Å²) in [6.07, 6.45) is 4.55. The maximum atomic E-state index is 13.9. The zero-order valence-electron chi connectivity index (χ0n) is 21.8. The van der Waals surface area contributed by atoms with Crippen LogP contribution < -0.4 is 10.3 Å². The van der Waals surface area contributed by atoms with Crippen molar-refractivity contribution in [3.05, 3.63) is 87.7 Å². The molecular weight excluding hydrogens is 480 g/mol. The average molecular weight is 513 g/mol. The molecule has 2 aromatic carbocycles. The molecule has 1 saturated carbocycles. The third kappa shape index (κ3) is 4.47. The summed E-state index contributed by atoms with van der Waals surface area (Å²) in [6, 6.07) is 18.0. The highest BCUT2D eigenvalue weighted by atomic mass is 16.5. The summed E-state index contributed by atoms with van der Waals surface area (Å²) >= 11 is 0. The van der Waals surface area contributed by atoms with Crippen molar-refractivity contribution in [1.82, 2.24) is 28.7 Å². The molecule has 6 rings (SSSR count). The molecule has 0 amide bonds. The molecule has 196 valence electrons. The van der Waals surface area contributed by atoms with E-state index in [9.17, 15) is 4.79 Å². The van der Waals surface area contributed by atoms with Gasteiger partial charge in [-0.2, -0.15) is 9.50 Å². The molecule has 0 atom stereocenters. The van der Waals surface area contributed by atoms with Crippen LogP contribution in [0.2, 0.25) is 0 Å². The summed E-state index contributed by atoms with van der Waals surface area (Å²) in [4.78, 5) is 23.6. The number of hydrogen-bond donors (Lipinski definition) is 0. The third-order valence-corrected chi connectivity index (χ3v) is 7.38. The predicted octanol–water partition coefficient (Wildman–Crippen LogP) is 4.69.